The van der Waals surface area contributed by atoms with E-state index in [4.69, 9.17) is 28.4 Å². The Labute approximate surface area is 415 Å². The number of esters is 1. The molecule has 1 unspecified atom stereocenters. The lowest BCUT2D eigenvalue weighted by atomic mass is 9.77. The van der Waals surface area contributed by atoms with Crippen molar-refractivity contribution in [1.29, 1.82) is 0 Å². The summed E-state index contributed by atoms with van der Waals surface area (Å²) in [5, 5.41) is 67.2. The van der Waals surface area contributed by atoms with Gasteiger partial charge in [0.2, 0.25) is 0 Å². The topological polar surface area (TPSA) is 204 Å². The molecule has 69 heavy (non-hydrogen) atoms. The zero-order chi connectivity index (χ0) is 51.3. The molecule has 0 saturated carbocycles. The Bertz CT molecular complexity index is 1630. The first-order chi connectivity index (χ1) is 32.5. The van der Waals surface area contributed by atoms with Gasteiger partial charge in [0, 0.05) is 44.6 Å². The largest absolute Gasteiger partial charge is 0.459 e. The van der Waals surface area contributed by atoms with E-state index in [0.717, 1.165) is 58.3 Å². The average Bonchev–Trinajstić information content (AvgIpc) is 3.30. The maximum absolute atomic E-state index is 14.6. The molecular formula is C53H96N4O12. The molecule has 3 aliphatic heterocycles. The van der Waals surface area contributed by atoms with E-state index in [-0.39, 0.29) is 37.3 Å². The van der Waals surface area contributed by atoms with E-state index in [9.17, 15) is 30.3 Å². The Kier molecular flexibility index (Phi) is 23.7. The first-order valence-corrected chi connectivity index (χ1v) is 26.2. The van der Waals surface area contributed by atoms with Crippen LogP contribution in [0.5, 0.6) is 0 Å². The van der Waals surface area contributed by atoms with Crippen molar-refractivity contribution in [2.24, 2.45) is 17.8 Å². The molecule has 1 aromatic rings. The van der Waals surface area contributed by atoms with Gasteiger partial charge in [0.15, 0.2) is 12.6 Å². The van der Waals surface area contributed by atoms with Crippen molar-refractivity contribution in [2.45, 2.75) is 224 Å². The highest BCUT2D eigenvalue weighted by Gasteiger charge is 2.53. The number of ether oxygens (including phenoxy) is 6. The van der Waals surface area contributed by atoms with Gasteiger partial charge < -0.3 is 69.5 Å². The van der Waals surface area contributed by atoms with Gasteiger partial charge in [-0.25, -0.2) is 0 Å². The van der Waals surface area contributed by atoms with Crippen molar-refractivity contribution >= 4 is 5.97 Å². The minimum atomic E-state index is -1.84. The van der Waals surface area contributed by atoms with Crippen LogP contribution in [0.2, 0.25) is 0 Å². The number of carbonyl (C=O) groups excluding carboxylic acids is 1. The van der Waals surface area contributed by atoms with E-state index in [1.54, 1.807) is 34.6 Å². The number of benzene rings is 1. The number of hydrogen-bond acceptors (Lipinski definition) is 16. The number of methoxy groups -OCH3 is 1. The molecular weight excluding hydrogens is 885 g/mol. The highest BCUT2D eigenvalue weighted by Crippen LogP contribution is 2.40. The zero-order valence-corrected chi connectivity index (χ0v) is 44.6. The smallest absolute Gasteiger partial charge is 0.311 e. The summed E-state index contributed by atoms with van der Waals surface area (Å²) in [5.74, 6) is -2.66. The molecule has 0 bridgehead atoms. The summed E-state index contributed by atoms with van der Waals surface area (Å²) < 4.78 is 38.2. The molecule has 16 heteroatoms. The molecule has 4 rings (SSSR count). The summed E-state index contributed by atoms with van der Waals surface area (Å²) in [6.45, 7) is 22.6. The minimum absolute atomic E-state index is 0.126. The van der Waals surface area contributed by atoms with Gasteiger partial charge in [-0.2, -0.15) is 0 Å². The van der Waals surface area contributed by atoms with Crippen LogP contribution in [-0.2, 0) is 39.8 Å². The van der Waals surface area contributed by atoms with Crippen molar-refractivity contribution < 1.29 is 58.7 Å². The fraction of sp³-hybridized carbons (Fsp3) is 0.868. The van der Waals surface area contributed by atoms with Crippen LogP contribution in [0.3, 0.4) is 0 Å². The highest BCUT2D eigenvalue weighted by molar-refractivity contribution is 5.73. The zero-order valence-electron chi connectivity index (χ0n) is 44.6. The summed E-state index contributed by atoms with van der Waals surface area (Å²) in [4.78, 5) is 18.7. The number of carbonyl (C=O) groups is 1. The number of aliphatic hydroxyl groups excluding tert-OH is 3. The number of aliphatic hydroxyl groups is 5. The van der Waals surface area contributed by atoms with E-state index >= 15 is 0 Å². The van der Waals surface area contributed by atoms with E-state index < -0.39 is 96.0 Å². The van der Waals surface area contributed by atoms with Crippen LogP contribution < -0.4 is 10.6 Å². The Morgan fingerprint density at radius 1 is 0.841 bits per heavy atom. The van der Waals surface area contributed by atoms with Crippen molar-refractivity contribution in [3.05, 3.63) is 35.9 Å². The lowest BCUT2D eigenvalue weighted by Crippen LogP contribution is -2.60. The second-order valence-corrected chi connectivity index (χ2v) is 21.9. The molecule has 3 heterocycles. The Balaban J connectivity index is 1.58. The van der Waals surface area contributed by atoms with E-state index in [2.05, 4.69) is 46.7 Å². The third-order valence-corrected chi connectivity index (χ3v) is 15.5. The van der Waals surface area contributed by atoms with Crippen LogP contribution >= 0.6 is 0 Å². The number of nitrogens with one attached hydrogen (secondary N) is 2. The number of likely N-dealkylation sites (N-methyl/N-ethyl adjacent to an activating group) is 1. The van der Waals surface area contributed by atoms with Gasteiger partial charge in [-0.1, -0.05) is 63.9 Å². The Morgan fingerprint density at radius 2 is 1.48 bits per heavy atom. The van der Waals surface area contributed by atoms with E-state index in [0.29, 0.717) is 19.5 Å². The van der Waals surface area contributed by atoms with E-state index in [1.807, 2.05) is 45.8 Å². The standard InChI is InChI=1S/C53H96N4O12/c1-14-42-53(10,63)46(59)38(6)57(28-22-27-54-25-20-15-16-21-26-55-32-40-23-18-17-19-24-40)33-34(2)30-51(8,62)48(69-50-44(58)41(56(11)12)29-35(3)65-50)36(4)45(37(5)49(61)67-42)68-43-31-52(9,64-13)47(60)39(7)66-43/h17-19,23-24,34-39,41-48,50,54-55,58-60,62-63H,14-16,20-22,25-33H2,1-13H3/t34-,35-,36+,37-,38-,39+,41+,42-,43+,44-,45+,46+,47+,48-,50+,51?,52-,53-/m1/s1. The Hall–Kier alpha value is -1.87. The van der Waals surface area contributed by atoms with Gasteiger partial charge in [0.25, 0.3) is 0 Å². The van der Waals surface area contributed by atoms with Crippen LogP contribution in [-0.4, -0.2) is 186 Å². The SMILES string of the molecule is CC[C@H]1OC(=O)[C@H](C)[C@@H](O[C@H]2C[C@@](C)(OC)[C@@H](O)[C@H](C)O2)[C@H](C)[C@@H](O[C@@H]2O[C@H](C)C[C@H](N(C)C)[C@H]2O)C(C)(O)C[C@@H](C)CN(CCCNCCCCCCNCc2ccccc2)[C@H](C)[C@H](O)[C@]1(C)O. The molecule has 0 amide bonds. The number of hydrogen-bond donors (Lipinski definition) is 7. The lowest BCUT2D eigenvalue weighted by molar-refractivity contribution is -0.318. The lowest BCUT2D eigenvalue weighted by Gasteiger charge is -2.48. The molecule has 1 aromatic carbocycles. The first-order valence-electron chi connectivity index (χ1n) is 26.2. The van der Waals surface area contributed by atoms with Gasteiger partial charge in [0.05, 0.1) is 41.5 Å². The fourth-order valence-corrected chi connectivity index (χ4v) is 11.1. The third-order valence-electron chi connectivity index (χ3n) is 15.5. The molecule has 400 valence electrons. The maximum atomic E-state index is 14.6. The number of rotatable bonds is 20. The maximum Gasteiger partial charge on any atom is 0.311 e. The molecule has 3 fully saturated rings. The second-order valence-electron chi connectivity index (χ2n) is 21.9. The van der Waals surface area contributed by atoms with Crippen molar-refractivity contribution in [3.8, 4) is 0 Å². The highest BCUT2D eigenvalue weighted by atomic mass is 16.7. The molecule has 18 atom stereocenters. The van der Waals surface area contributed by atoms with Crippen molar-refractivity contribution in [1.82, 2.24) is 20.4 Å². The van der Waals surface area contributed by atoms with Gasteiger partial charge in [-0.3, -0.25) is 9.69 Å². The number of nitrogens with zero attached hydrogens (tertiary/aromatic N) is 2. The first kappa shape index (κ1) is 59.7. The Morgan fingerprint density at radius 3 is 2.10 bits per heavy atom. The minimum Gasteiger partial charge on any atom is -0.459 e. The molecule has 0 spiro atoms. The summed E-state index contributed by atoms with van der Waals surface area (Å²) in [7, 11) is 5.32. The summed E-state index contributed by atoms with van der Waals surface area (Å²) >= 11 is 0. The van der Waals surface area contributed by atoms with Crippen LogP contribution in [0.4, 0.5) is 0 Å². The monoisotopic (exact) mass is 981 g/mol. The van der Waals surface area contributed by atoms with Crippen molar-refractivity contribution in [2.75, 3.05) is 53.9 Å². The van der Waals surface area contributed by atoms with Gasteiger partial charge in [-0.15, -0.1) is 0 Å². The predicted molar refractivity (Wildman–Crippen MR) is 267 cm³/mol. The fourth-order valence-electron chi connectivity index (χ4n) is 11.1. The molecule has 0 aromatic heterocycles. The van der Waals surface area contributed by atoms with Gasteiger partial charge in [-0.05, 0) is 139 Å². The third kappa shape index (κ3) is 16.6. The quantitative estimate of drug-likeness (QED) is 0.0705. The van der Waals surface area contributed by atoms with E-state index in [1.165, 1.54) is 19.6 Å². The van der Waals surface area contributed by atoms with Crippen LogP contribution in [0.25, 0.3) is 0 Å². The molecule has 16 nitrogen and oxygen atoms in total. The normalized spacial score (nSPS) is 40.3. The number of unbranched alkanes of at least 4 members (excludes halogenated alkanes) is 3. The predicted octanol–water partition coefficient (Wildman–Crippen LogP) is 4.60. The van der Waals surface area contributed by atoms with Crippen LogP contribution in [0.15, 0.2) is 30.3 Å². The number of cyclic esters (lactones) is 1. The molecule has 0 radical (unpaired) electrons. The molecule has 3 saturated heterocycles. The summed E-state index contributed by atoms with van der Waals surface area (Å²) in [5.41, 5.74) is -3.18. The van der Waals surface area contributed by atoms with Crippen LogP contribution in [0, 0.1) is 17.8 Å². The van der Waals surface area contributed by atoms with Gasteiger partial charge >= 0.3 is 5.97 Å². The summed E-state index contributed by atoms with van der Waals surface area (Å²) in [6, 6.07) is 9.59. The van der Waals surface area contributed by atoms with Crippen molar-refractivity contribution in [3.63, 3.8) is 0 Å². The molecule has 7 N–H and O–H groups in total. The molecule has 0 aliphatic carbocycles. The van der Waals surface area contributed by atoms with Crippen LogP contribution in [0.1, 0.15) is 133 Å². The van der Waals surface area contributed by atoms with Gasteiger partial charge in [0.1, 0.15) is 30.0 Å². The molecule has 3 aliphatic rings. The average molecular weight is 981 g/mol. The summed E-state index contributed by atoms with van der Waals surface area (Å²) in [6.07, 6.45) is -3.12. The second kappa shape index (κ2) is 27.4.